The van der Waals surface area contributed by atoms with Crippen molar-refractivity contribution in [1.29, 1.82) is 0 Å². The second-order valence-corrected chi connectivity index (χ2v) is 9.82. The lowest BCUT2D eigenvalue weighted by Crippen LogP contribution is -2.25. The zero-order valence-electron chi connectivity index (χ0n) is 18.7. The monoisotopic (exact) mass is 524 g/mol. The summed E-state index contributed by atoms with van der Waals surface area (Å²) in [4.78, 5) is 29.5. The Bertz CT molecular complexity index is 1380. The van der Waals surface area contributed by atoms with Crippen LogP contribution < -0.4 is 5.32 Å². The van der Waals surface area contributed by atoms with Gasteiger partial charge >= 0.3 is 0 Å². The summed E-state index contributed by atoms with van der Waals surface area (Å²) in [6.45, 7) is 0. The molecule has 2 heterocycles. The lowest BCUT2D eigenvalue weighted by Gasteiger charge is -2.23. The van der Waals surface area contributed by atoms with E-state index in [-0.39, 0.29) is 30.0 Å². The lowest BCUT2D eigenvalue weighted by atomic mass is 9.98. The predicted molar refractivity (Wildman–Crippen MR) is 137 cm³/mol. The van der Waals surface area contributed by atoms with Gasteiger partial charge in [0.15, 0.2) is 5.17 Å². The third-order valence-electron chi connectivity index (χ3n) is 5.79. The number of carbonyl (C=O) groups excluding carboxylic acids is 2. The van der Waals surface area contributed by atoms with Crippen molar-refractivity contribution in [3.8, 4) is 0 Å². The van der Waals surface area contributed by atoms with E-state index in [1.54, 1.807) is 53.5 Å². The fraction of sp³-hybridized carbons (Fsp3) is 0.154. The SMILES string of the molecule is O=C(C[C@@H]1SC(N2N=C(c3ccc(F)cc3)C[C@@H]2c2ccc(F)cc2)=NC1=O)Nc1ccccc1Cl. The highest BCUT2D eigenvalue weighted by atomic mass is 35.5. The summed E-state index contributed by atoms with van der Waals surface area (Å²) < 4.78 is 27.0. The Hall–Kier alpha value is -3.56. The Morgan fingerprint density at radius 2 is 1.69 bits per heavy atom. The van der Waals surface area contributed by atoms with Crippen molar-refractivity contribution in [3.05, 3.63) is 101 Å². The number of hydrogen-bond donors (Lipinski definition) is 1. The minimum Gasteiger partial charge on any atom is -0.325 e. The first-order valence-electron chi connectivity index (χ1n) is 11.1. The van der Waals surface area contributed by atoms with Crippen LogP contribution in [-0.4, -0.2) is 33.0 Å². The van der Waals surface area contributed by atoms with Crippen molar-refractivity contribution in [3.63, 3.8) is 0 Å². The first-order chi connectivity index (χ1) is 17.4. The maximum atomic E-state index is 13.6. The molecule has 3 aromatic carbocycles. The molecule has 2 amide bonds. The van der Waals surface area contributed by atoms with Gasteiger partial charge in [0, 0.05) is 12.8 Å². The number of carbonyl (C=O) groups is 2. The third kappa shape index (κ3) is 5.17. The van der Waals surface area contributed by atoms with Gasteiger partial charge in [-0.05, 0) is 47.5 Å². The van der Waals surface area contributed by atoms with E-state index in [0.29, 0.717) is 28.0 Å². The normalized spacial score (nSPS) is 19.3. The van der Waals surface area contributed by atoms with Crippen LogP contribution in [0, 0.1) is 11.6 Å². The quantitative estimate of drug-likeness (QED) is 0.458. The van der Waals surface area contributed by atoms with Gasteiger partial charge in [0.25, 0.3) is 5.91 Å². The summed E-state index contributed by atoms with van der Waals surface area (Å²) in [5, 5.41) is 9.06. The Labute approximate surface area is 215 Å². The summed E-state index contributed by atoms with van der Waals surface area (Å²) in [6.07, 6.45) is 0.355. The lowest BCUT2D eigenvalue weighted by molar-refractivity contribution is -0.121. The van der Waals surface area contributed by atoms with E-state index in [2.05, 4.69) is 15.4 Å². The number of amides is 2. The molecule has 36 heavy (non-hydrogen) atoms. The van der Waals surface area contributed by atoms with Crippen molar-refractivity contribution in [2.45, 2.75) is 24.1 Å². The van der Waals surface area contributed by atoms with E-state index in [1.807, 2.05) is 0 Å². The topological polar surface area (TPSA) is 74.1 Å². The molecule has 0 fully saturated rings. The van der Waals surface area contributed by atoms with Gasteiger partial charge in [0.1, 0.15) is 16.9 Å². The summed E-state index contributed by atoms with van der Waals surface area (Å²) in [6, 6.07) is 18.5. The van der Waals surface area contributed by atoms with E-state index in [1.165, 1.54) is 24.3 Å². The molecule has 3 aromatic rings. The second kappa shape index (κ2) is 10.2. The molecule has 0 saturated carbocycles. The van der Waals surface area contributed by atoms with Crippen LogP contribution in [0.1, 0.15) is 30.0 Å². The molecule has 2 aliphatic heterocycles. The first kappa shape index (κ1) is 24.1. The van der Waals surface area contributed by atoms with E-state index >= 15 is 0 Å². The molecular weight excluding hydrogens is 506 g/mol. The zero-order chi connectivity index (χ0) is 25.2. The number of hydrazone groups is 1. The van der Waals surface area contributed by atoms with Crippen LogP contribution >= 0.6 is 23.4 Å². The smallest absolute Gasteiger partial charge is 0.262 e. The number of rotatable bonds is 5. The number of thioether (sulfide) groups is 1. The van der Waals surface area contributed by atoms with Gasteiger partial charge in [0.05, 0.1) is 22.5 Å². The maximum Gasteiger partial charge on any atom is 0.262 e. The van der Waals surface area contributed by atoms with Crippen LogP contribution in [0.15, 0.2) is 82.9 Å². The Morgan fingerprint density at radius 3 is 2.39 bits per heavy atom. The molecule has 0 radical (unpaired) electrons. The van der Waals surface area contributed by atoms with E-state index in [4.69, 9.17) is 11.6 Å². The van der Waals surface area contributed by atoms with Crippen LogP contribution in [0.3, 0.4) is 0 Å². The highest BCUT2D eigenvalue weighted by molar-refractivity contribution is 8.15. The number of halogens is 3. The number of nitrogens with zero attached hydrogens (tertiary/aromatic N) is 3. The van der Waals surface area contributed by atoms with Crippen molar-refractivity contribution in [2.75, 3.05) is 5.32 Å². The van der Waals surface area contributed by atoms with Crippen molar-refractivity contribution in [1.82, 2.24) is 5.01 Å². The van der Waals surface area contributed by atoms with E-state index in [9.17, 15) is 18.4 Å². The summed E-state index contributed by atoms with van der Waals surface area (Å²) >= 11 is 7.26. The van der Waals surface area contributed by atoms with Gasteiger partial charge in [-0.25, -0.2) is 13.8 Å². The second-order valence-electron chi connectivity index (χ2n) is 8.24. The Morgan fingerprint density at radius 1 is 1.03 bits per heavy atom. The first-order valence-corrected chi connectivity index (χ1v) is 12.3. The Balaban J connectivity index is 1.36. The van der Waals surface area contributed by atoms with E-state index < -0.39 is 11.2 Å². The fourth-order valence-electron chi connectivity index (χ4n) is 3.98. The van der Waals surface area contributed by atoms with Crippen molar-refractivity contribution in [2.24, 2.45) is 10.1 Å². The summed E-state index contributed by atoms with van der Waals surface area (Å²) in [5.74, 6) is -1.52. The van der Waals surface area contributed by atoms with Gasteiger partial charge in [-0.3, -0.25) is 9.59 Å². The van der Waals surface area contributed by atoms with Gasteiger partial charge in [-0.15, -0.1) is 0 Å². The zero-order valence-corrected chi connectivity index (χ0v) is 20.3. The Kier molecular flexibility index (Phi) is 6.84. The highest BCUT2D eigenvalue weighted by Gasteiger charge is 2.39. The van der Waals surface area contributed by atoms with Crippen LogP contribution in [-0.2, 0) is 9.59 Å². The summed E-state index contributed by atoms with van der Waals surface area (Å²) in [7, 11) is 0. The van der Waals surface area contributed by atoms with E-state index in [0.717, 1.165) is 22.9 Å². The number of nitrogens with one attached hydrogen (secondary N) is 1. The molecule has 0 aromatic heterocycles. The molecule has 0 aliphatic carbocycles. The van der Waals surface area contributed by atoms with Gasteiger partial charge < -0.3 is 5.32 Å². The molecule has 0 unspecified atom stereocenters. The minimum atomic E-state index is -0.721. The molecule has 0 bridgehead atoms. The number of aliphatic imine (C=N–C) groups is 1. The molecule has 2 aliphatic rings. The molecule has 0 saturated heterocycles. The fourth-order valence-corrected chi connectivity index (χ4v) is 5.23. The molecule has 0 spiro atoms. The number of hydrogen-bond acceptors (Lipinski definition) is 5. The number of benzene rings is 3. The molecule has 10 heteroatoms. The third-order valence-corrected chi connectivity index (χ3v) is 7.26. The molecule has 5 rings (SSSR count). The number of anilines is 1. The maximum absolute atomic E-state index is 13.6. The van der Waals surface area contributed by atoms with Gasteiger partial charge in [-0.1, -0.05) is 59.8 Å². The van der Waals surface area contributed by atoms with Crippen molar-refractivity contribution < 1.29 is 18.4 Å². The number of amidine groups is 1. The average molecular weight is 525 g/mol. The van der Waals surface area contributed by atoms with Crippen LogP contribution in [0.25, 0.3) is 0 Å². The van der Waals surface area contributed by atoms with Crippen LogP contribution in [0.4, 0.5) is 14.5 Å². The number of para-hydroxylation sites is 1. The molecule has 6 nitrogen and oxygen atoms in total. The molecular formula is C26H19ClF2N4O2S. The molecule has 182 valence electrons. The van der Waals surface area contributed by atoms with Gasteiger partial charge in [0.2, 0.25) is 5.91 Å². The largest absolute Gasteiger partial charge is 0.325 e. The highest BCUT2D eigenvalue weighted by Crippen LogP contribution is 2.38. The molecule has 2 atom stereocenters. The summed E-state index contributed by atoms with van der Waals surface area (Å²) in [5.41, 5.74) is 2.66. The van der Waals surface area contributed by atoms with Crippen LogP contribution in [0.5, 0.6) is 0 Å². The predicted octanol–water partition coefficient (Wildman–Crippen LogP) is 5.80. The van der Waals surface area contributed by atoms with Crippen LogP contribution in [0.2, 0.25) is 5.02 Å². The molecule has 1 N–H and O–H groups in total. The van der Waals surface area contributed by atoms with Crippen molar-refractivity contribution >= 4 is 51.7 Å². The standard InChI is InChI=1S/C26H19ClF2N4O2S/c27-19-3-1-2-4-20(19)30-24(34)14-23-25(35)31-26(36-23)33-22(16-7-11-18(29)12-8-16)13-21(32-33)15-5-9-17(28)10-6-15/h1-12,22-23H,13-14H2,(H,30,34)/t22-,23+/m1/s1. The average Bonchev–Trinajstić information content (AvgIpc) is 3.45. The van der Waals surface area contributed by atoms with Gasteiger partial charge in [-0.2, -0.15) is 10.1 Å². The minimum absolute atomic E-state index is 0.0920.